The Kier molecular flexibility index (Phi) is 6.53. The third kappa shape index (κ3) is 5.02. The number of hydrazone groups is 1. The Balaban J connectivity index is 1.89. The fourth-order valence-corrected chi connectivity index (χ4v) is 4.09. The van der Waals surface area contributed by atoms with Crippen LogP contribution in [-0.2, 0) is 4.79 Å². The van der Waals surface area contributed by atoms with Gasteiger partial charge in [0.15, 0.2) is 6.17 Å². The highest BCUT2D eigenvalue weighted by molar-refractivity contribution is 6.31. The number of hydrogen-bond acceptors (Lipinski definition) is 3. The van der Waals surface area contributed by atoms with Crippen molar-refractivity contribution in [3.05, 3.63) is 100 Å². The third-order valence-corrected chi connectivity index (χ3v) is 5.60. The molecule has 0 saturated carbocycles. The van der Waals surface area contributed by atoms with Crippen LogP contribution in [0.5, 0.6) is 0 Å². The Morgan fingerprint density at radius 2 is 1.79 bits per heavy atom. The number of anilines is 1. The maximum absolute atomic E-state index is 13.7. The van der Waals surface area contributed by atoms with E-state index in [0.29, 0.717) is 16.3 Å². The number of halogens is 2. The zero-order valence-corrected chi connectivity index (χ0v) is 20.0. The number of carbonyl (C=O) groups excluding carboxylic acids is 2. The second-order valence-corrected chi connectivity index (χ2v) is 9.83. The van der Waals surface area contributed by atoms with E-state index < -0.39 is 17.9 Å². The molecule has 0 aliphatic carbocycles. The molecule has 174 valence electrons. The van der Waals surface area contributed by atoms with E-state index in [-0.39, 0.29) is 23.3 Å². The zero-order valence-electron chi connectivity index (χ0n) is 19.2. The minimum atomic E-state index is -0.818. The summed E-state index contributed by atoms with van der Waals surface area (Å²) < 4.78 is 13.7. The summed E-state index contributed by atoms with van der Waals surface area (Å²) in [7, 11) is 0. The van der Waals surface area contributed by atoms with Crippen molar-refractivity contribution in [1.82, 2.24) is 5.01 Å². The van der Waals surface area contributed by atoms with Crippen molar-refractivity contribution in [1.29, 1.82) is 0 Å². The van der Waals surface area contributed by atoms with Crippen LogP contribution in [0.3, 0.4) is 0 Å². The lowest BCUT2D eigenvalue weighted by atomic mass is 9.90. The molecule has 1 unspecified atom stereocenters. The van der Waals surface area contributed by atoms with E-state index >= 15 is 0 Å². The molecule has 0 spiro atoms. The van der Waals surface area contributed by atoms with Crippen molar-refractivity contribution >= 4 is 35.3 Å². The van der Waals surface area contributed by atoms with Gasteiger partial charge >= 0.3 is 0 Å². The van der Waals surface area contributed by atoms with Crippen molar-refractivity contribution in [3.8, 4) is 0 Å². The Labute approximate surface area is 203 Å². The lowest BCUT2D eigenvalue weighted by Gasteiger charge is -2.42. The molecule has 1 heterocycles. The molecular weight excluding hydrogens is 453 g/mol. The first-order valence-corrected chi connectivity index (χ1v) is 11.3. The van der Waals surface area contributed by atoms with Crippen LogP contribution in [0.4, 0.5) is 10.1 Å². The highest BCUT2D eigenvalue weighted by Gasteiger charge is 2.42. The summed E-state index contributed by atoms with van der Waals surface area (Å²) in [6.07, 6.45) is 0.856. The maximum atomic E-state index is 13.7. The average Bonchev–Trinajstić information content (AvgIpc) is 2.78. The number of benzene rings is 3. The van der Waals surface area contributed by atoms with E-state index in [1.807, 2.05) is 51.1 Å². The molecule has 3 aromatic rings. The summed E-state index contributed by atoms with van der Waals surface area (Å²) in [4.78, 5) is 28.9. The van der Waals surface area contributed by atoms with Gasteiger partial charge in [0.2, 0.25) is 5.91 Å². The molecule has 2 amide bonds. The predicted molar refractivity (Wildman–Crippen MR) is 132 cm³/mol. The van der Waals surface area contributed by atoms with Crippen molar-refractivity contribution < 1.29 is 14.0 Å². The number of fused-ring (bicyclic) bond motifs is 1. The van der Waals surface area contributed by atoms with Crippen LogP contribution in [0.1, 0.15) is 54.8 Å². The molecule has 1 aliphatic heterocycles. The molecule has 1 atom stereocenters. The third-order valence-electron chi connectivity index (χ3n) is 5.36. The van der Waals surface area contributed by atoms with E-state index in [9.17, 15) is 14.0 Å². The summed E-state index contributed by atoms with van der Waals surface area (Å²) in [6.45, 7) is 5.96. The van der Waals surface area contributed by atoms with Crippen molar-refractivity contribution in [2.45, 2.75) is 33.4 Å². The first-order chi connectivity index (χ1) is 16.1. The summed E-state index contributed by atoms with van der Waals surface area (Å²) in [5, 5.41) is 6.09. The van der Waals surface area contributed by atoms with Gasteiger partial charge in [0.25, 0.3) is 5.91 Å². The monoisotopic (exact) mass is 477 g/mol. The standard InChI is InChI=1S/C27H25ClFN3O2/c1-27(2,3)16-24(33)31-23-13-12-20(28)15-22(23)26(34)32(25(31)19-9-5-4-6-10-19)30-17-18-8-7-11-21(29)14-18/h4-15,17,25H,16H2,1-3H3/b30-17+. The van der Waals surface area contributed by atoms with Crippen molar-refractivity contribution in [3.63, 3.8) is 0 Å². The van der Waals surface area contributed by atoms with Gasteiger partial charge in [-0.3, -0.25) is 14.5 Å². The minimum absolute atomic E-state index is 0.150. The van der Waals surface area contributed by atoms with Gasteiger partial charge in [-0.05, 0) is 46.9 Å². The molecule has 7 heteroatoms. The van der Waals surface area contributed by atoms with E-state index in [1.165, 1.54) is 23.4 Å². The number of nitrogens with zero attached hydrogens (tertiary/aromatic N) is 3. The highest BCUT2D eigenvalue weighted by Crippen LogP contribution is 2.41. The number of hydrogen-bond donors (Lipinski definition) is 0. The predicted octanol–water partition coefficient (Wildman–Crippen LogP) is 6.44. The Hall–Kier alpha value is -3.51. The highest BCUT2D eigenvalue weighted by atomic mass is 35.5. The summed E-state index contributed by atoms with van der Waals surface area (Å²) in [6, 6.07) is 20.1. The largest absolute Gasteiger partial charge is 0.284 e. The number of amides is 2. The van der Waals surface area contributed by atoms with E-state index in [0.717, 1.165) is 5.56 Å². The smallest absolute Gasteiger partial charge is 0.278 e. The fraction of sp³-hybridized carbons (Fsp3) is 0.222. The van der Waals surface area contributed by atoms with Gasteiger partial charge in [-0.2, -0.15) is 5.10 Å². The quantitative estimate of drug-likeness (QED) is 0.406. The van der Waals surface area contributed by atoms with Crippen LogP contribution in [-0.4, -0.2) is 23.0 Å². The van der Waals surface area contributed by atoms with Gasteiger partial charge in [-0.1, -0.05) is 74.8 Å². The topological polar surface area (TPSA) is 53.0 Å². The Bertz CT molecular complexity index is 1250. The van der Waals surface area contributed by atoms with Crippen LogP contribution in [0.2, 0.25) is 5.02 Å². The van der Waals surface area contributed by atoms with Crippen molar-refractivity contribution in [2.24, 2.45) is 10.5 Å². The first-order valence-electron chi connectivity index (χ1n) is 10.9. The van der Waals surface area contributed by atoms with E-state index in [2.05, 4.69) is 5.10 Å². The fourth-order valence-electron chi connectivity index (χ4n) is 3.92. The van der Waals surface area contributed by atoms with E-state index in [1.54, 1.807) is 35.2 Å². The van der Waals surface area contributed by atoms with Crippen LogP contribution >= 0.6 is 11.6 Å². The second-order valence-electron chi connectivity index (χ2n) is 9.40. The molecule has 0 fully saturated rings. The summed E-state index contributed by atoms with van der Waals surface area (Å²) in [5.41, 5.74) is 1.69. The Morgan fingerprint density at radius 3 is 2.47 bits per heavy atom. The average molecular weight is 478 g/mol. The van der Waals surface area contributed by atoms with Crippen LogP contribution in [0.15, 0.2) is 77.9 Å². The minimum Gasteiger partial charge on any atom is -0.284 e. The molecule has 0 aromatic heterocycles. The molecule has 3 aromatic carbocycles. The lowest BCUT2D eigenvalue weighted by molar-refractivity contribution is -0.121. The van der Waals surface area contributed by atoms with Gasteiger partial charge in [0, 0.05) is 11.4 Å². The SMILES string of the molecule is CC(C)(C)CC(=O)N1c2ccc(Cl)cc2C(=O)N(/N=C/c2cccc(F)c2)C1c1ccccc1. The summed E-state index contributed by atoms with van der Waals surface area (Å²) in [5.74, 6) is -0.963. The van der Waals surface area contributed by atoms with E-state index in [4.69, 9.17) is 11.6 Å². The van der Waals surface area contributed by atoms with Gasteiger partial charge in [-0.25, -0.2) is 9.40 Å². The number of carbonyl (C=O) groups is 2. The zero-order chi connectivity index (χ0) is 24.5. The van der Waals surface area contributed by atoms with Crippen LogP contribution in [0, 0.1) is 11.2 Å². The molecule has 0 saturated heterocycles. The summed E-state index contributed by atoms with van der Waals surface area (Å²) >= 11 is 6.21. The molecular formula is C27H25ClFN3O2. The van der Waals surface area contributed by atoms with Crippen molar-refractivity contribution in [2.75, 3.05) is 4.90 Å². The molecule has 0 radical (unpaired) electrons. The van der Waals surface area contributed by atoms with Crippen LogP contribution in [0.25, 0.3) is 0 Å². The van der Waals surface area contributed by atoms with Gasteiger partial charge in [-0.15, -0.1) is 0 Å². The molecule has 4 rings (SSSR count). The normalized spacial score (nSPS) is 16.1. The first kappa shape index (κ1) is 23.6. The van der Waals surface area contributed by atoms with Gasteiger partial charge in [0.1, 0.15) is 5.82 Å². The molecule has 5 nitrogen and oxygen atoms in total. The molecule has 1 aliphatic rings. The molecule has 34 heavy (non-hydrogen) atoms. The number of rotatable bonds is 4. The lowest BCUT2D eigenvalue weighted by Crippen LogP contribution is -2.50. The Morgan fingerprint density at radius 1 is 1.06 bits per heavy atom. The van der Waals surface area contributed by atoms with Gasteiger partial charge in [0.05, 0.1) is 17.5 Å². The second kappa shape index (κ2) is 9.39. The molecule has 0 N–H and O–H groups in total. The molecule has 0 bridgehead atoms. The van der Waals surface area contributed by atoms with Crippen LogP contribution < -0.4 is 4.90 Å². The maximum Gasteiger partial charge on any atom is 0.278 e. The van der Waals surface area contributed by atoms with Gasteiger partial charge < -0.3 is 0 Å².